The SMILES string of the molecule is Cc1ccn(-c2cc(-c3ccc4c(C)[nH]nc4c3)ccc2C(Oc2cc(N3CCC4(CC3)CN[C@H](C(=O)O)C4)nc(N)n2)C(F)(F)F)n1. The second-order valence-electron chi connectivity index (χ2n) is 12.7. The number of carboxylic acids is 1. The molecule has 1 spiro atoms. The molecule has 0 amide bonds. The Bertz CT molecular complexity index is 2000. The number of piperidine rings is 1. The van der Waals surface area contributed by atoms with Gasteiger partial charge in [-0.3, -0.25) is 9.89 Å². The Labute approximate surface area is 273 Å². The molecule has 12 nitrogen and oxygen atoms in total. The minimum Gasteiger partial charge on any atom is -0.480 e. The van der Waals surface area contributed by atoms with Crippen LogP contribution in [0.1, 0.15) is 42.3 Å². The maximum Gasteiger partial charge on any atom is 0.429 e. The van der Waals surface area contributed by atoms with Crippen molar-refractivity contribution in [3.05, 3.63) is 71.7 Å². The number of carbonyl (C=O) groups is 1. The number of hydrogen-bond acceptors (Lipinski definition) is 9. The molecule has 1 unspecified atom stereocenters. The molecule has 5 aromatic rings. The van der Waals surface area contributed by atoms with E-state index in [1.54, 1.807) is 31.3 Å². The second-order valence-corrected chi connectivity index (χ2v) is 12.7. The van der Waals surface area contributed by atoms with E-state index in [1.165, 1.54) is 16.8 Å². The third-order valence-corrected chi connectivity index (χ3v) is 9.41. The maximum atomic E-state index is 14.9. The fourth-order valence-corrected chi connectivity index (χ4v) is 6.78. The lowest BCUT2D eigenvalue weighted by atomic mass is 9.76. The molecule has 0 radical (unpaired) electrons. The van der Waals surface area contributed by atoms with Crippen LogP contribution in [0.15, 0.2) is 54.7 Å². The number of aryl methyl sites for hydroxylation is 2. The summed E-state index contributed by atoms with van der Waals surface area (Å²) in [5.41, 5.74) is 9.62. The number of nitrogen functional groups attached to an aromatic ring is 1. The zero-order chi connectivity index (χ0) is 33.8. The lowest BCUT2D eigenvalue weighted by molar-refractivity contribution is -0.198. The number of benzene rings is 2. The van der Waals surface area contributed by atoms with Gasteiger partial charge in [0.1, 0.15) is 11.9 Å². The quantitative estimate of drug-likeness (QED) is 0.184. The molecule has 2 aliphatic heterocycles. The molecule has 7 rings (SSSR count). The van der Waals surface area contributed by atoms with Crippen LogP contribution in [0.2, 0.25) is 0 Å². The Morgan fingerprint density at radius 2 is 1.83 bits per heavy atom. The Morgan fingerprint density at radius 3 is 2.52 bits per heavy atom. The van der Waals surface area contributed by atoms with E-state index >= 15 is 0 Å². The molecule has 2 aliphatic rings. The summed E-state index contributed by atoms with van der Waals surface area (Å²) in [4.78, 5) is 21.7. The molecule has 2 aromatic carbocycles. The van der Waals surface area contributed by atoms with Gasteiger partial charge in [0.2, 0.25) is 17.9 Å². The van der Waals surface area contributed by atoms with Crippen molar-refractivity contribution in [2.75, 3.05) is 30.3 Å². The Balaban J connectivity index is 1.20. The number of rotatable bonds is 7. The number of hydrogen-bond donors (Lipinski definition) is 4. The molecule has 0 bridgehead atoms. The minimum atomic E-state index is -4.84. The van der Waals surface area contributed by atoms with Gasteiger partial charge in [0, 0.05) is 48.5 Å². The molecule has 15 heteroatoms. The number of ether oxygens (including phenoxy) is 1. The predicted octanol–water partition coefficient (Wildman–Crippen LogP) is 5.12. The number of carboxylic acid groups (broad SMARTS) is 1. The highest BCUT2D eigenvalue weighted by Crippen LogP contribution is 2.43. The van der Waals surface area contributed by atoms with E-state index in [9.17, 15) is 23.1 Å². The molecule has 2 saturated heterocycles. The molecule has 5 N–H and O–H groups in total. The van der Waals surface area contributed by atoms with Gasteiger partial charge in [-0.15, -0.1) is 0 Å². The van der Waals surface area contributed by atoms with Crippen molar-refractivity contribution in [2.45, 2.75) is 51.4 Å². The number of H-pyrrole nitrogens is 1. The Hall–Kier alpha value is -5.18. The highest BCUT2D eigenvalue weighted by Gasteiger charge is 2.46. The van der Waals surface area contributed by atoms with Crippen LogP contribution in [-0.4, -0.2) is 72.9 Å². The monoisotopic (exact) mass is 661 g/mol. The molecule has 3 aromatic heterocycles. The summed E-state index contributed by atoms with van der Waals surface area (Å²) in [6, 6.07) is 12.9. The first-order valence-electron chi connectivity index (χ1n) is 15.6. The first-order chi connectivity index (χ1) is 22.9. The summed E-state index contributed by atoms with van der Waals surface area (Å²) < 4.78 is 51.8. The average molecular weight is 662 g/mol. The average Bonchev–Trinajstić information content (AvgIpc) is 3.78. The van der Waals surface area contributed by atoms with Crippen LogP contribution >= 0.6 is 0 Å². The van der Waals surface area contributed by atoms with E-state index in [1.807, 2.05) is 30.0 Å². The van der Waals surface area contributed by atoms with Gasteiger partial charge in [0.25, 0.3) is 0 Å². The number of nitrogens with zero attached hydrogens (tertiary/aromatic N) is 6. The zero-order valence-electron chi connectivity index (χ0n) is 26.3. The number of halogens is 3. The number of alkyl halides is 3. The summed E-state index contributed by atoms with van der Waals surface area (Å²) >= 11 is 0. The van der Waals surface area contributed by atoms with E-state index in [0.717, 1.165) is 22.2 Å². The van der Waals surface area contributed by atoms with Crippen LogP contribution in [0.25, 0.3) is 27.7 Å². The van der Waals surface area contributed by atoms with Gasteiger partial charge in [0.05, 0.1) is 16.9 Å². The number of nitrogens with one attached hydrogen (secondary N) is 2. The maximum absolute atomic E-state index is 14.9. The molecule has 5 heterocycles. The summed E-state index contributed by atoms with van der Waals surface area (Å²) in [7, 11) is 0. The first-order valence-corrected chi connectivity index (χ1v) is 15.6. The van der Waals surface area contributed by atoms with Crippen molar-refractivity contribution in [3.63, 3.8) is 0 Å². The molecular formula is C33H34F3N9O3. The number of aliphatic carboxylic acids is 1. The fraction of sp³-hybridized carbons (Fsp3) is 0.364. The normalized spacial score (nSPS) is 18.4. The second kappa shape index (κ2) is 11.8. The Morgan fingerprint density at radius 1 is 1.08 bits per heavy atom. The van der Waals surface area contributed by atoms with Crippen LogP contribution in [0.3, 0.4) is 0 Å². The third-order valence-electron chi connectivity index (χ3n) is 9.41. The molecular weight excluding hydrogens is 627 g/mol. The zero-order valence-corrected chi connectivity index (χ0v) is 26.3. The number of aromatic nitrogens is 6. The van der Waals surface area contributed by atoms with E-state index in [2.05, 4.69) is 30.6 Å². The number of nitrogens with two attached hydrogens (primary N) is 1. The van der Waals surface area contributed by atoms with Crippen molar-refractivity contribution in [2.24, 2.45) is 5.41 Å². The summed E-state index contributed by atoms with van der Waals surface area (Å²) in [5.74, 6) is -1.07. The molecule has 250 valence electrons. The van der Waals surface area contributed by atoms with Crippen LogP contribution in [0.5, 0.6) is 5.88 Å². The van der Waals surface area contributed by atoms with E-state index in [4.69, 9.17) is 10.5 Å². The minimum absolute atomic E-state index is 0.158. The standard InChI is InChI=1S/C33H34F3N9O3/c1-18-7-10-45(43-18)26-14-21(20-3-5-22-19(2)41-42-24(22)13-20)4-6-23(26)29(33(34,35)36)48-28-15-27(39-31(37)40-28)44-11-8-32(9-12-44)16-25(30(46)47)38-17-32/h3-7,10,13-15,25,29,38H,8-9,11-12,16-17H2,1-2H3,(H,41,42)(H,46,47)(H2,37,39,40)/t25-,29?/m0/s1. The van der Waals surface area contributed by atoms with Crippen LogP contribution in [0.4, 0.5) is 24.9 Å². The van der Waals surface area contributed by atoms with E-state index in [-0.39, 0.29) is 28.5 Å². The summed E-state index contributed by atoms with van der Waals surface area (Å²) in [6.45, 7) is 5.33. The van der Waals surface area contributed by atoms with Crippen LogP contribution in [0, 0.1) is 19.3 Å². The van der Waals surface area contributed by atoms with Crippen molar-refractivity contribution in [1.29, 1.82) is 0 Å². The number of fused-ring (bicyclic) bond motifs is 1. The van der Waals surface area contributed by atoms with Gasteiger partial charge in [-0.2, -0.15) is 33.3 Å². The molecule has 0 aliphatic carbocycles. The van der Waals surface area contributed by atoms with Crippen molar-refractivity contribution in [1.82, 2.24) is 35.3 Å². The summed E-state index contributed by atoms with van der Waals surface area (Å²) in [5, 5.41) is 25.1. The third kappa shape index (κ3) is 6.01. The molecule has 2 fully saturated rings. The topological polar surface area (TPSA) is 160 Å². The van der Waals surface area contributed by atoms with Crippen molar-refractivity contribution < 1.29 is 27.8 Å². The lowest BCUT2D eigenvalue weighted by Crippen LogP contribution is -2.41. The van der Waals surface area contributed by atoms with Gasteiger partial charge in [-0.05, 0) is 67.9 Å². The lowest BCUT2D eigenvalue weighted by Gasteiger charge is -2.39. The first kappa shape index (κ1) is 31.4. The number of anilines is 2. The van der Waals surface area contributed by atoms with Crippen LogP contribution in [-0.2, 0) is 4.79 Å². The van der Waals surface area contributed by atoms with Gasteiger partial charge in [-0.1, -0.05) is 24.3 Å². The van der Waals surface area contributed by atoms with Crippen molar-refractivity contribution >= 4 is 28.6 Å². The van der Waals surface area contributed by atoms with Crippen molar-refractivity contribution in [3.8, 4) is 22.7 Å². The van der Waals surface area contributed by atoms with Crippen LogP contribution < -0.4 is 20.7 Å². The largest absolute Gasteiger partial charge is 0.480 e. The summed E-state index contributed by atoms with van der Waals surface area (Å²) in [6.07, 6.45) is -3.72. The van der Waals surface area contributed by atoms with E-state index in [0.29, 0.717) is 56.0 Å². The van der Waals surface area contributed by atoms with Gasteiger partial charge < -0.3 is 25.8 Å². The van der Waals surface area contributed by atoms with Gasteiger partial charge >= 0.3 is 12.1 Å². The molecule has 48 heavy (non-hydrogen) atoms. The van der Waals surface area contributed by atoms with E-state index < -0.39 is 24.3 Å². The number of aromatic amines is 1. The smallest absolute Gasteiger partial charge is 0.429 e. The molecule has 2 atom stereocenters. The highest BCUT2D eigenvalue weighted by molar-refractivity contribution is 5.86. The fourth-order valence-electron chi connectivity index (χ4n) is 6.78. The Kier molecular flexibility index (Phi) is 7.73. The highest BCUT2D eigenvalue weighted by atomic mass is 19.4. The molecule has 0 saturated carbocycles. The van der Waals surface area contributed by atoms with Gasteiger partial charge in [-0.25, -0.2) is 4.68 Å². The van der Waals surface area contributed by atoms with Gasteiger partial charge in [0.15, 0.2) is 0 Å². The predicted molar refractivity (Wildman–Crippen MR) is 172 cm³/mol.